The third-order valence-electron chi connectivity index (χ3n) is 5.14. The minimum absolute atomic E-state index is 0.0840. The molecule has 0 amide bonds. The Morgan fingerprint density at radius 3 is 2.41 bits per heavy atom. The van der Waals surface area contributed by atoms with Crippen molar-refractivity contribution in [3.05, 3.63) is 53.1 Å². The van der Waals surface area contributed by atoms with E-state index in [2.05, 4.69) is 16.9 Å². The van der Waals surface area contributed by atoms with Crippen LogP contribution in [0.25, 0.3) is 0 Å². The number of aryl methyl sites for hydroxylation is 2. The maximum absolute atomic E-state index is 13.1. The van der Waals surface area contributed by atoms with Crippen molar-refractivity contribution in [2.45, 2.75) is 50.0 Å². The summed E-state index contributed by atoms with van der Waals surface area (Å²) in [7, 11) is -0.804. The number of benzene rings is 2. The number of sulfonamides is 1. The molecule has 1 aliphatic carbocycles. The Labute approximate surface area is 161 Å². The Morgan fingerprint density at radius 2 is 1.74 bits per heavy atom. The van der Waals surface area contributed by atoms with E-state index in [1.807, 2.05) is 13.0 Å². The van der Waals surface area contributed by atoms with Crippen molar-refractivity contribution in [2.24, 2.45) is 0 Å². The average molecular weight is 390 g/mol. The number of hydrogen-bond donors (Lipinski definition) is 1. The highest BCUT2D eigenvalue weighted by molar-refractivity contribution is 7.89. The van der Waals surface area contributed by atoms with Crippen LogP contribution in [0.2, 0.25) is 0 Å². The lowest BCUT2D eigenvalue weighted by atomic mass is 9.89. The van der Waals surface area contributed by atoms with Gasteiger partial charge in [-0.15, -0.1) is 0 Å². The van der Waals surface area contributed by atoms with Crippen molar-refractivity contribution >= 4 is 10.0 Å². The number of methoxy groups -OCH3 is 2. The quantitative estimate of drug-likeness (QED) is 0.777. The fourth-order valence-electron chi connectivity index (χ4n) is 3.60. The Kier molecular flexibility index (Phi) is 6.07. The fraction of sp³-hybridized carbons (Fsp3) is 0.429. The fourth-order valence-corrected chi connectivity index (χ4v) is 5.09. The highest BCUT2D eigenvalue weighted by Crippen LogP contribution is 2.31. The number of hydrogen-bond acceptors (Lipinski definition) is 4. The second-order valence-electron chi connectivity index (χ2n) is 6.83. The van der Waals surface area contributed by atoms with Crippen LogP contribution >= 0.6 is 0 Å². The molecule has 3 rings (SSSR count). The van der Waals surface area contributed by atoms with Crippen LogP contribution in [0.4, 0.5) is 0 Å². The van der Waals surface area contributed by atoms with E-state index in [4.69, 9.17) is 9.47 Å². The van der Waals surface area contributed by atoms with Crippen molar-refractivity contribution < 1.29 is 17.9 Å². The van der Waals surface area contributed by atoms with Crippen LogP contribution in [0, 0.1) is 0 Å². The molecule has 2 aromatic rings. The molecular weight excluding hydrogens is 362 g/mol. The number of fused-ring (bicyclic) bond motifs is 1. The van der Waals surface area contributed by atoms with Gasteiger partial charge in [0, 0.05) is 12.1 Å². The molecule has 1 N–H and O–H groups in total. The van der Waals surface area contributed by atoms with E-state index >= 15 is 0 Å². The summed E-state index contributed by atoms with van der Waals surface area (Å²) in [6, 6.07) is 10.8. The van der Waals surface area contributed by atoms with Crippen LogP contribution < -0.4 is 14.2 Å². The van der Waals surface area contributed by atoms with Gasteiger partial charge in [-0.2, -0.15) is 0 Å². The molecule has 146 valence electrons. The van der Waals surface area contributed by atoms with E-state index in [9.17, 15) is 8.42 Å². The largest absolute Gasteiger partial charge is 0.497 e. The van der Waals surface area contributed by atoms with Crippen LogP contribution in [0.1, 0.15) is 48.9 Å². The van der Waals surface area contributed by atoms with E-state index in [1.54, 1.807) is 12.1 Å². The van der Waals surface area contributed by atoms with Gasteiger partial charge < -0.3 is 9.47 Å². The van der Waals surface area contributed by atoms with E-state index in [-0.39, 0.29) is 10.9 Å². The molecule has 0 unspecified atom stereocenters. The summed E-state index contributed by atoms with van der Waals surface area (Å²) < 4.78 is 39.4. The first-order valence-electron chi connectivity index (χ1n) is 9.34. The van der Waals surface area contributed by atoms with Gasteiger partial charge in [0.2, 0.25) is 10.0 Å². The SMILES string of the molecule is CC[C@@H](NS(=O)(=O)c1cc(OC)ccc1OC)c1ccc2c(c1)CCCC2. The van der Waals surface area contributed by atoms with Gasteiger partial charge >= 0.3 is 0 Å². The van der Waals surface area contributed by atoms with Crippen molar-refractivity contribution in [1.82, 2.24) is 4.72 Å². The predicted molar refractivity (Wildman–Crippen MR) is 106 cm³/mol. The molecule has 5 nitrogen and oxygen atoms in total. The summed E-state index contributed by atoms with van der Waals surface area (Å²) in [6.45, 7) is 1.98. The second kappa shape index (κ2) is 8.31. The van der Waals surface area contributed by atoms with Crippen LogP contribution in [0.5, 0.6) is 11.5 Å². The first-order valence-corrected chi connectivity index (χ1v) is 10.8. The molecular formula is C21H27NO4S. The molecule has 0 radical (unpaired) electrons. The first-order chi connectivity index (χ1) is 13.0. The zero-order valence-electron chi connectivity index (χ0n) is 16.1. The van der Waals surface area contributed by atoms with Crippen molar-refractivity contribution in [3.8, 4) is 11.5 Å². The van der Waals surface area contributed by atoms with Crippen LogP contribution in [-0.4, -0.2) is 22.6 Å². The third-order valence-corrected chi connectivity index (χ3v) is 6.63. The molecule has 0 saturated heterocycles. The number of ether oxygens (including phenoxy) is 2. The smallest absolute Gasteiger partial charge is 0.244 e. The first kappa shape index (κ1) is 19.7. The van der Waals surface area contributed by atoms with Crippen molar-refractivity contribution in [2.75, 3.05) is 14.2 Å². The summed E-state index contributed by atoms with van der Waals surface area (Å²) in [5.41, 5.74) is 3.73. The summed E-state index contributed by atoms with van der Waals surface area (Å²) in [6.07, 6.45) is 5.26. The lowest BCUT2D eigenvalue weighted by Crippen LogP contribution is -2.29. The molecule has 0 aromatic heterocycles. The molecule has 1 aliphatic rings. The van der Waals surface area contributed by atoms with Gasteiger partial charge in [-0.25, -0.2) is 13.1 Å². The molecule has 0 spiro atoms. The van der Waals surface area contributed by atoms with E-state index in [1.165, 1.54) is 44.3 Å². The van der Waals surface area contributed by atoms with Gasteiger partial charge in [0.25, 0.3) is 0 Å². The Balaban J connectivity index is 1.92. The lowest BCUT2D eigenvalue weighted by molar-refractivity contribution is 0.391. The van der Waals surface area contributed by atoms with Crippen molar-refractivity contribution in [3.63, 3.8) is 0 Å². The van der Waals surface area contributed by atoms with Gasteiger partial charge in [0.05, 0.1) is 14.2 Å². The zero-order valence-corrected chi connectivity index (χ0v) is 16.9. The van der Waals surface area contributed by atoms with Gasteiger partial charge in [0.1, 0.15) is 16.4 Å². The maximum atomic E-state index is 13.1. The molecule has 1 atom stereocenters. The van der Waals surface area contributed by atoms with E-state index in [0.29, 0.717) is 17.9 Å². The molecule has 2 aromatic carbocycles. The number of nitrogens with one attached hydrogen (secondary N) is 1. The maximum Gasteiger partial charge on any atom is 0.244 e. The van der Waals surface area contributed by atoms with Crippen LogP contribution in [0.3, 0.4) is 0 Å². The molecule has 27 heavy (non-hydrogen) atoms. The molecule has 0 saturated carbocycles. The van der Waals surface area contributed by atoms with Crippen molar-refractivity contribution in [1.29, 1.82) is 0 Å². The third kappa shape index (κ3) is 4.28. The van der Waals surface area contributed by atoms with Crippen LogP contribution in [0.15, 0.2) is 41.3 Å². The Hall–Kier alpha value is -2.05. The topological polar surface area (TPSA) is 64.6 Å². The Bertz CT molecular complexity index is 908. The molecule has 0 bridgehead atoms. The molecule has 0 fully saturated rings. The number of rotatable bonds is 7. The minimum atomic E-state index is -3.77. The molecule has 6 heteroatoms. The van der Waals surface area contributed by atoms with Gasteiger partial charge in [0.15, 0.2) is 0 Å². The minimum Gasteiger partial charge on any atom is -0.497 e. The second-order valence-corrected chi connectivity index (χ2v) is 8.52. The summed E-state index contributed by atoms with van der Waals surface area (Å²) in [5.74, 6) is 0.765. The molecule has 0 aliphatic heterocycles. The normalized spacial score (nSPS) is 15.1. The van der Waals surface area contributed by atoms with E-state index in [0.717, 1.165) is 18.4 Å². The summed E-state index contributed by atoms with van der Waals surface area (Å²) >= 11 is 0. The predicted octanol–water partition coefficient (Wildman–Crippen LogP) is 4.01. The van der Waals surface area contributed by atoms with Crippen LogP contribution in [-0.2, 0) is 22.9 Å². The van der Waals surface area contributed by atoms with E-state index < -0.39 is 10.0 Å². The van der Waals surface area contributed by atoms with Gasteiger partial charge in [-0.05, 0) is 60.9 Å². The standard InChI is InChI=1S/C21H27NO4S/c1-4-19(17-10-9-15-7-5-6-8-16(15)13-17)22-27(23,24)21-14-18(25-2)11-12-20(21)26-3/h9-14,19,22H,4-8H2,1-3H3/t19-/m1/s1. The summed E-state index contributed by atoms with van der Waals surface area (Å²) in [4.78, 5) is 0.0840. The molecule has 0 heterocycles. The zero-order chi connectivity index (χ0) is 19.4. The Morgan fingerprint density at radius 1 is 1.00 bits per heavy atom. The summed E-state index contributed by atoms with van der Waals surface area (Å²) in [5, 5.41) is 0. The van der Waals surface area contributed by atoms with Gasteiger partial charge in [-0.3, -0.25) is 0 Å². The highest BCUT2D eigenvalue weighted by Gasteiger charge is 2.25. The lowest BCUT2D eigenvalue weighted by Gasteiger charge is -2.22. The monoisotopic (exact) mass is 389 g/mol. The highest BCUT2D eigenvalue weighted by atomic mass is 32.2. The van der Waals surface area contributed by atoms with Gasteiger partial charge in [-0.1, -0.05) is 25.1 Å². The average Bonchev–Trinajstić information content (AvgIpc) is 2.71.